The van der Waals surface area contributed by atoms with Gasteiger partial charge in [-0.25, -0.2) is 4.98 Å². The van der Waals surface area contributed by atoms with E-state index in [0.29, 0.717) is 17.4 Å². The molecule has 2 aromatic rings. The quantitative estimate of drug-likeness (QED) is 0.900. The molecule has 0 aliphatic heterocycles. The highest BCUT2D eigenvalue weighted by Crippen LogP contribution is 2.24. The highest BCUT2D eigenvalue weighted by atomic mass is 35.5. The summed E-state index contributed by atoms with van der Waals surface area (Å²) < 4.78 is 0. The Labute approximate surface area is 105 Å². The molecule has 0 bridgehead atoms. The van der Waals surface area contributed by atoms with Gasteiger partial charge in [-0.3, -0.25) is 0 Å². The number of aromatic nitrogens is 3. The van der Waals surface area contributed by atoms with Crippen molar-refractivity contribution in [1.29, 1.82) is 0 Å². The summed E-state index contributed by atoms with van der Waals surface area (Å²) in [6.07, 6.45) is 3.21. The number of hydrogen-bond donors (Lipinski definition) is 1. The van der Waals surface area contributed by atoms with Crippen LogP contribution < -0.4 is 5.73 Å². The van der Waals surface area contributed by atoms with E-state index >= 15 is 0 Å². The number of rotatable bonds is 4. The van der Waals surface area contributed by atoms with Gasteiger partial charge in [0.05, 0.1) is 16.9 Å². The van der Waals surface area contributed by atoms with Gasteiger partial charge in [0.1, 0.15) is 0 Å². The smallest absolute Gasteiger partial charge is 0.151 e. The summed E-state index contributed by atoms with van der Waals surface area (Å²) in [6.45, 7) is 0.625. The van der Waals surface area contributed by atoms with Crippen LogP contribution >= 0.6 is 11.6 Å². The molecule has 88 valence electrons. The predicted molar refractivity (Wildman–Crippen MR) is 67.6 cm³/mol. The van der Waals surface area contributed by atoms with Crippen molar-refractivity contribution in [2.45, 2.75) is 12.8 Å². The molecule has 0 radical (unpaired) electrons. The van der Waals surface area contributed by atoms with Gasteiger partial charge in [-0.15, -0.1) is 5.10 Å². The Morgan fingerprint density at radius 1 is 1.24 bits per heavy atom. The van der Waals surface area contributed by atoms with Crippen molar-refractivity contribution in [2.75, 3.05) is 6.54 Å². The van der Waals surface area contributed by atoms with Crippen LogP contribution in [0.2, 0.25) is 5.02 Å². The molecule has 5 heteroatoms. The van der Waals surface area contributed by atoms with Crippen LogP contribution in [0.25, 0.3) is 11.3 Å². The van der Waals surface area contributed by atoms with E-state index in [1.165, 1.54) is 0 Å². The third-order valence-electron chi connectivity index (χ3n) is 2.36. The van der Waals surface area contributed by atoms with Gasteiger partial charge in [-0.05, 0) is 19.0 Å². The number of halogens is 1. The molecule has 1 aromatic heterocycles. The Morgan fingerprint density at radius 3 is 2.82 bits per heavy atom. The largest absolute Gasteiger partial charge is 0.330 e. The first-order valence-corrected chi connectivity index (χ1v) is 5.82. The summed E-state index contributed by atoms with van der Waals surface area (Å²) in [5, 5.41) is 8.58. The summed E-state index contributed by atoms with van der Waals surface area (Å²) in [4.78, 5) is 4.43. The van der Waals surface area contributed by atoms with E-state index in [4.69, 9.17) is 17.3 Å². The molecule has 0 saturated heterocycles. The van der Waals surface area contributed by atoms with Crippen molar-refractivity contribution in [2.24, 2.45) is 5.73 Å². The molecule has 0 aliphatic rings. The average Bonchev–Trinajstić information content (AvgIpc) is 2.37. The van der Waals surface area contributed by atoms with Gasteiger partial charge in [-0.1, -0.05) is 29.8 Å². The molecule has 0 amide bonds. The maximum atomic E-state index is 6.11. The summed E-state index contributed by atoms with van der Waals surface area (Å²) in [5.74, 6) is 0.702. The molecule has 0 spiro atoms. The van der Waals surface area contributed by atoms with Crippen LogP contribution in [0.5, 0.6) is 0 Å². The van der Waals surface area contributed by atoms with Gasteiger partial charge in [0.2, 0.25) is 0 Å². The maximum absolute atomic E-state index is 6.11. The average molecular weight is 249 g/mol. The Morgan fingerprint density at radius 2 is 2.06 bits per heavy atom. The third-order valence-corrected chi connectivity index (χ3v) is 2.69. The minimum atomic E-state index is 0.625. The zero-order valence-corrected chi connectivity index (χ0v) is 10.1. The molecular formula is C12H13ClN4. The van der Waals surface area contributed by atoms with Crippen LogP contribution in [0.3, 0.4) is 0 Å². The first-order chi connectivity index (χ1) is 8.31. The first kappa shape index (κ1) is 12.0. The topological polar surface area (TPSA) is 64.7 Å². The van der Waals surface area contributed by atoms with Crippen LogP contribution in [-0.2, 0) is 6.42 Å². The fraction of sp³-hybridized carbons (Fsp3) is 0.250. The molecular weight excluding hydrogens is 236 g/mol. The number of nitrogens with zero attached hydrogens (tertiary/aromatic N) is 3. The molecule has 2 rings (SSSR count). The van der Waals surface area contributed by atoms with Gasteiger partial charge in [-0.2, -0.15) is 5.10 Å². The summed E-state index contributed by atoms with van der Waals surface area (Å²) in [7, 11) is 0. The molecule has 4 nitrogen and oxygen atoms in total. The van der Waals surface area contributed by atoms with Gasteiger partial charge in [0.15, 0.2) is 5.82 Å². The minimum absolute atomic E-state index is 0.625. The SMILES string of the molecule is NCCCc1nncc(-c2ccccc2Cl)n1. The van der Waals surface area contributed by atoms with E-state index in [1.807, 2.05) is 24.3 Å². The van der Waals surface area contributed by atoms with Crippen molar-refractivity contribution < 1.29 is 0 Å². The Balaban J connectivity index is 2.30. The summed E-state index contributed by atoms with van der Waals surface area (Å²) >= 11 is 6.11. The summed E-state index contributed by atoms with van der Waals surface area (Å²) in [5.41, 5.74) is 7.07. The second kappa shape index (κ2) is 5.70. The highest BCUT2D eigenvalue weighted by molar-refractivity contribution is 6.33. The van der Waals surface area contributed by atoms with Gasteiger partial charge in [0, 0.05) is 12.0 Å². The highest BCUT2D eigenvalue weighted by Gasteiger charge is 2.06. The molecule has 0 atom stereocenters. The molecule has 0 aliphatic carbocycles. The fourth-order valence-corrected chi connectivity index (χ4v) is 1.74. The number of nitrogens with two attached hydrogens (primary N) is 1. The van der Waals surface area contributed by atoms with Gasteiger partial charge < -0.3 is 5.73 Å². The monoisotopic (exact) mass is 248 g/mol. The lowest BCUT2D eigenvalue weighted by atomic mass is 10.1. The second-order valence-electron chi connectivity index (χ2n) is 3.63. The molecule has 0 unspecified atom stereocenters. The first-order valence-electron chi connectivity index (χ1n) is 5.45. The molecule has 2 N–H and O–H groups in total. The lowest BCUT2D eigenvalue weighted by molar-refractivity contribution is 0.753. The van der Waals surface area contributed by atoms with E-state index in [1.54, 1.807) is 6.20 Å². The molecule has 0 fully saturated rings. The lowest BCUT2D eigenvalue weighted by Gasteiger charge is -2.04. The third kappa shape index (κ3) is 2.99. The Hall–Kier alpha value is -1.52. The zero-order valence-electron chi connectivity index (χ0n) is 9.31. The van der Waals surface area contributed by atoms with Crippen LogP contribution in [0.1, 0.15) is 12.2 Å². The second-order valence-corrected chi connectivity index (χ2v) is 4.04. The summed E-state index contributed by atoms with van der Waals surface area (Å²) in [6, 6.07) is 7.55. The van der Waals surface area contributed by atoms with E-state index in [-0.39, 0.29) is 0 Å². The minimum Gasteiger partial charge on any atom is -0.330 e. The van der Waals surface area contributed by atoms with E-state index in [2.05, 4.69) is 15.2 Å². The zero-order chi connectivity index (χ0) is 12.1. The fourth-order valence-electron chi connectivity index (χ4n) is 1.51. The van der Waals surface area contributed by atoms with Crippen molar-refractivity contribution in [3.63, 3.8) is 0 Å². The van der Waals surface area contributed by atoms with E-state index in [9.17, 15) is 0 Å². The maximum Gasteiger partial charge on any atom is 0.151 e. The standard InChI is InChI=1S/C12H13ClN4/c13-10-5-2-1-4-9(10)11-8-15-17-12(16-11)6-3-7-14/h1-2,4-5,8H,3,6-7,14H2. The lowest BCUT2D eigenvalue weighted by Crippen LogP contribution is -2.04. The van der Waals surface area contributed by atoms with E-state index < -0.39 is 0 Å². The van der Waals surface area contributed by atoms with Crippen LogP contribution in [0, 0.1) is 0 Å². The predicted octanol–water partition coefficient (Wildman–Crippen LogP) is 2.08. The molecule has 17 heavy (non-hydrogen) atoms. The molecule has 1 aromatic carbocycles. The van der Waals surface area contributed by atoms with Crippen molar-refractivity contribution >= 4 is 11.6 Å². The van der Waals surface area contributed by atoms with Crippen LogP contribution in [-0.4, -0.2) is 21.7 Å². The van der Waals surface area contributed by atoms with Crippen LogP contribution in [0.15, 0.2) is 30.5 Å². The van der Waals surface area contributed by atoms with Crippen molar-refractivity contribution in [3.05, 3.63) is 41.3 Å². The van der Waals surface area contributed by atoms with E-state index in [0.717, 1.165) is 24.1 Å². The Bertz CT molecular complexity index is 501. The van der Waals surface area contributed by atoms with Crippen molar-refractivity contribution in [1.82, 2.24) is 15.2 Å². The number of hydrogen-bond acceptors (Lipinski definition) is 4. The molecule has 1 heterocycles. The van der Waals surface area contributed by atoms with Gasteiger partial charge in [0.25, 0.3) is 0 Å². The van der Waals surface area contributed by atoms with Gasteiger partial charge >= 0.3 is 0 Å². The van der Waals surface area contributed by atoms with Crippen LogP contribution in [0.4, 0.5) is 0 Å². The normalized spacial score (nSPS) is 10.5. The van der Waals surface area contributed by atoms with Crippen molar-refractivity contribution in [3.8, 4) is 11.3 Å². The Kier molecular flexibility index (Phi) is 4.01. The molecule has 0 saturated carbocycles. The number of benzene rings is 1. The number of aryl methyl sites for hydroxylation is 1.